The molecule has 0 bridgehead atoms. The number of esters is 1. The van der Waals surface area contributed by atoms with Crippen molar-refractivity contribution < 1.29 is 9.53 Å². The van der Waals surface area contributed by atoms with Crippen molar-refractivity contribution in [2.45, 2.75) is 52.4 Å². The first kappa shape index (κ1) is 18.2. The number of carbonyl (C=O) groups is 1. The minimum absolute atomic E-state index is 0.0454. The van der Waals surface area contributed by atoms with Gasteiger partial charge in [-0.2, -0.15) is 23.5 Å². The van der Waals surface area contributed by atoms with Crippen LogP contribution in [0.3, 0.4) is 0 Å². The molecule has 108 valence electrons. The normalized spacial score (nSPS) is 10.6. The third kappa shape index (κ3) is 14.2. The summed E-state index contributed by atoms with van der Waals surface area (Å²) in [7, 11) is 0. The molecule has 0 saturated heterocycles. The summed E-state index contributed by atoms with van der Waals surface area (Å²) in [4.78, 5) is 11.1. The first-order valence-corrected chi connectivity index (χ1v) is 9.43. The lowest BCUT2D eigenvalue weighted by molar-refractivity contribution is -0.143. The van der Waals surface area contributed by atoms with Gasteiger partial charge < -0.3 is 4.74 Å². The van der Waals surface area contributed by atoms with Crippen LogP contribution in [-0.4, -0.2) is 35.6 Å². The van der Waals surface area contributed by atoms with Gasteiger partial charge in [-0.05, 0) is 55.6 Å². The van der Waals surface area contributed by atoms with Crippen molar-refractivity contribution in [3.63, 3.8) is 0 Å². The molecule has 0 N–H and O–H groups in total. The van der Waals surface area contributed by atoms with Gasteiger partial charge >= 0.3 is 5.97 Å². The molecule has 0 aromatic rings. The highest BCUT2D eigenvalue weighted by Gasteiger charge is 2.00. The predicted molar refractivity (Wildman–Crippen MR) is 84.7 cm³/mol. The van der Waals surface area contributed by atoms with Gasteiger partial charge in [0.2, 0.25) is 0 Å². The van der Waals surface area contributed by atoms with Gasteiger partial charge in [-0.1, -0.05) is 13.3 Å². The van der Waals surface area contributed by atoms with E-state index in [0.717, 1.165) is 12.8 Å². The average molecular weight is 293 g/mol. The summed E-state index contributed by atoms with van der Waals surface area (Å²) < 4.78 is 4.89. The molecule has 0 fully saturated rings. The Morgan fingerprint density at radius 1 is 0.889 bits per heavy atom. The van der Waals surface area contributed by atoms with Crippen molar-refractivity contribution in [2.24, 2.45) is 0 Å². The van der Waals surface area contributed by atoms with Crippen LogP contribution in [0.1, 0.15) is 52.4 Å². The van der Waals surface area contributed by atoms with Crippen LogP contribution in [0.2, 0.25) is 0 Å². The van der Waals surface area contributed by atoms with Crippen molar-refractivity contribution in [3.8, 4) is 0 Å². The Bertz CT molecular complexity index is 187. The zero-order valence-corrected chi connectivity index (χ0v) is 13.5. The van der Waals surface area contributed by atoms with E-state index in [4.69, 9.17) is 4.74 Å². The lowest BCUT2D eigenvalue weighted by Gasteiger charge is -2.03. The fourth-order valence-corrected chi connectivity index (χ4v) is 3.26. The summed E-state index contributed by atoms with van der Waals surface area (Å²) in [5.74, 6) is 4.98. The molecule has 0 heterocycles. The van der Waals surface area contributed by atoms with Crippen molar-refractivity contribution >= 4 is 29.5 Å². The summed E-state index contributed by atoms with van der Waals surface area (Å²) >= 11 is 4.06. The monoisotopic (exact) mass is 292 g/mol. The molecule has 0 aliphatic heterocycles. The van der Waals surface area contributed by atoms with Gasteiger partial charge in [0, 0.05) is 6.42 Å². The van der Waals surface area contributed by atoms with Gasteiger partial charge in [0.05, 0.1) is 6.61 Å². The van der Waals surface area contributed by atoms with Gasteiger partial charge in [0.1, 0.15) is 0 Å². The second-order valence-corrected chi connectivity index (χ2v) is 6.75. The minimum Gasteiger partial charge on any atom is -0.466 e. The second kappa shape index (κ2) is 15.2. The Morgan fingerprint density at radius 2 is 1.50 bits per heavy atom. The summed E-state index contributed by atoms with van der Waals surface area (Å²) in [5, 5.41) is 0. The summed E-state index contributed by atoms with van der Waals surface area (Å²) in [6.45, 7) is 4.58. The van der Waals surface area contributed by atoms with E-state index in [0.29, 0.717) is 13.0 Å². The molecule has 0 aromatic carbocycles. The van der Waals surface area contributed by atoms with Gasteiger partial charge in [0.25, 0.3) is 0 Å². The number of rotatable bonds is 13. The van der Waals surface area contributed by atoms with Crippen LogP contribution >= 0.6 is 23.5 Å². The zero-order valence-electron chi connectivity index (χ0n) is 11.9. The minimum atomic E-state index is -0.0454. The molecular formula is C14H28O2S2. The molecule has 2 nitrogen and oxygen atoms in total. The van der Waals surface area contributed by atoms with Crippen LogP contribution < -0.4 is 0 Å². The Kier molecular flexibility index (Phi) is 15.4. The van der Waals surface area contributed by atoms with Crippen LogP contribution in [0.25, 0.3) is 0 Å². The molecular weight excluding hydrogens is 264 g/mol. The van der Waals surface area contributed by atoms with Crippen LogP contribution in [-0.2, 0) is 9.53 Å². The topological polar surface area (TPSA) is 26.3 Å². The van der Waals surface area contributed by atoms with E-state index in [1.54, 1.807) is 0 Å². The van der Waals surface area contributed by atoms with Crippen LogP contribution in [0.15, 0.2) is 0 Å². The number of carbonyl (C=O) groups excluding carboxylic acids is 1. The maximum Gasteiger partial charge on any atom is 0.305 e. The maximum absolute atomic E-state index is 11.1. The maximum atomic E-state index is 11.1. The van der Waals surface area contributed by atoms with Gasteiger partial charge in [-0.15, -0.1) is 0 Å². The molecule has 0 aromatic heterocycles. The number of hydrogen-bond acceptors (Lipinski definition) is 4. The highest BCUT2D eigenvalue weighted by Crippen LogP contribution is 2.11. The fourth-order valence-electron chi connectivity index (χ4n) is 1.54. The summed E-state index contributed by atoms with van der Waals surface area (Å²) in [5.41, 5.74) is 0. The van der Waals surface area contributed by atoms with Crippen molar-refractivity contribution in [3.05, 3.63) is 0 Å². The highest BCUT2D eigenvalue weighted by molar-refractivity contribution is 7.99. The van der Waals surface area contributed by atoms with Crippen LogP contribution in [0, 0.1) is 0 Å². The average Bonchev–Trinajstić information content (AvgIpc) is 2.36. The molecule has 0 aliphatic carbocycles. The van der Waals surface area contributed by atoms with Crippen molar-refractivity contribution in [1.29, 1.82) is 0 Å². The molecule has 0 atom stereocenters. The second-order valence-electron chi connectivity index (χ2n) is 4.13. The first-order chi connectivity index (χ1) is 8.81. The Hall–Kier alpha value is 0.170. The van der Waals surface area contributed by atoms with Crippen molar-refractivity contribution in [1.82, 2.24) is 0 Å². The van der Waals surface area contributed by atoms with Crippen LogP contribution in [0.5, 0.6) is 0 Å². The Morgan fingerprint density at radius 3 is 2.11 bits per heavy atom. The number of hydrogen-bond donors (Lipinski definition) is 0. The Balaban J connectivity index is 3.01. The van der Waals surface area contributed by atoms with E-state index >= 15 is 0 Å². The molecule has 4 heteroatoms. The molecule has 0 saturated carbocycles. The van der Waals surface area contributed by atoms with E-state index < -0.39 is 0 Å². The van der Waals surface area contributed by atoms with E-state index in [2.05, 4.69) is 6.92 Å². The largest absolute Gasteiger partial charge is 0.466 e. The van der Waals surface area contributed by atoms with Gasteiger partial charge in [-0.25, -0.2) is 0 Å². The molecule has 0 rings (SSSR count). The molecule has 0 unspecified atom stereocenters. The lowest BCUT2D eigenvalue weighted by atomic mass is 10.2. The third-order valence-electron chi connectivity index (χ3n) is 2.51. The number of unbranched alkanes of at least 4 members (excludes halogenated alkanes) is 3. The number of thioether (sulfide) groups is 2. The molecule has 0 radical (unpaired) electrons. The highest BCUT2D eigenvalue weighted by atomic mass is 32.2. The van der Waals surface area contributed by atoms with E-state index in [1.807, 2.05) is 30.4 Å². The van der Waals surface area contributed by atoms with Crippen LogP contribution in [0.4, 0.5) is 0 Å². The Labute approximate surface area is 121 Å². The molecule has 0 amide bonds. The van der Waals surface area contributed by atoms with E-state index in [9.17, 15) is 4.79 Å². The molecule has 18 heavy (non-hydrogen) atoms. The van der Waals surface area contributed by atoms with Gasteiger partial charge in [0.15, 0.2) is 0 Å². The van der Waals surface area contributed by atoms with E-state index in [1.165, 1.54) is 42.3 Å². The summed E-state index contributed by atoms with van der Waals surface area (Å²) in [6, 6.07) is 0. The predicted octanol–water partition coefficient (Wildman–Crippen LogP) is 4.38. The fraction of sp³-hybridized carbons (Fsp3) is 0.929. The third-order valence-corrected chi connectivity index (χ3v) is 4.65. The van der Waals surface area contributed by atoms with Crippen molar-refractivity contribution in [2.75, 3.05) is 29.6 Å². The standard InChI is InChI=1S/C14H28O2S2/c1-3-16-14(15)10-6-9-13-18-12-8-5-7-11-17-4-2/h3-13H2,1-2H3. The number of ether oxygens (including phenoxy) is 1. The lowest BCUT2D eigenvalue weighted by Crippen LogP contribution is -2.03. The van der Waals surface area contributed by atoms with Gasteiger partial charge in [-0.3, -0.25) is 4.79 Å². The molecule has 0 aliphatic rings. The zero-order chi connectivity index (χ0) is 13.5. The quantitative estimate of drug-likeness (QED) is 0.372. The SMILES string of the molecule is CCOC(=O)CCCCSCCCCCSCC. The molecule has 0 spiro atoms. The summed E-state index contributed by atoms with van der Waals surface area (Å²) in [6.07, 6.45) is 6.76. The van der Waals surface area contributed by atoms with E-state index in [-0.39, 0.29) is 5.97 Å². The first-order valence-electron chi connectivity index (χ1n) is 7.12. The smallest absolute Gasteiger partial charge is 0.305 e.